The topological polar surface area (TPSA) is 23.5 Å². The van der Waals surface area contributed by atoms with Crippen molar-refractivity contribution in [1.29, 1.82) is 0 Å². The number of aliphatic hydroxyl groups is 1. The lowest BCUT2D eigenvalue weighted by atomic mass is 10.0. The van der Waals surface area contributed by atoms with Gasteiger partial charge in [-0.05, 0) is 30.7 Å². The highest BCUT2D eigenvalue weighted by Crippen LogP contribution is 2.19. The fourth-order valence-corrected chi connectivity index (χ4v) is 2.83. The maximum Gasteiger partial charge on any atom is 0.0802 e. The zero-order valence-electron chi connectivity index (χ0n) is 13.5. The van der Waals surface area contributed by atoms with Crippen LogP contribution in [0.25, 0.3) is 0 Å². The van der Waals surface area contributed by atoms with Gasteiger partial charge in [0.25, 0.3) is 0 Å². The van der Waals surface area contributed by atoms with Gasteiger partial charge in [-0.25, -0.2) is 0 Å². The van der Waals surface area contributed by atoms with Crippen molar-refractivity contribution in [2.75, 3.05) is 13.1 Å². The van der Waals surface area contributed by atoms with Crippen LogP contribution in [0.2, 0.25) is 0 Å². The highest BCUT2D eigenvalue weighted by atomic mass is 16.3. The molecule has 20 heavy (non-hydrogen) atoms. The van der Waals surface area contributed by atoms with E-state index in [9.17, 15) is 5.11 Å². The van der Waals surface area contributed by atoms with E-state index >= 15 is 0 Å². The largest absolute Gasteiger partial charge is 0.388 e. The number of benzene rings is 1. The minimum atomic E-state index is -0.347. The van der Waals surface area contributed by atoms with Crippen molar-refractivity contribution in [3.63, 3.8) is 0 Å². The van der Waals surface area contributed by atoms with Gasteiger partial charge in [0, 0.05) is 19.1 Å². The molecule has 0 bridgehead atoms. The first-order valence-electron chi connectivity index (χ1n) is 8.05. The second-order valence-corrected chi connectivity index (χ2v) is 6.07. The lowest BCUT2D eigenvalue weighted by molar-refractivity contribution is 0.111. The average Bonchev–Trinajstić information content (AvgIpc) is 2.45. The Kier molecular flexibility index (Phi) is 7.86. The Bertz CT molecular complexity index is 346. The van der Waals surface area contributed by atoms with E-state index in [0.29, 0.717) is 12.0 Å². The van der Waals surface area contributed by atoms with E-state index in [1.54, 1.807) is 0 Å². The van der Waals surface area contributed by atoms with Crippen molar-refractivity contribution in [2.45, 2.75) is 59.1 Å². The molecular weight excluding hydrogens is 246 g/mol. The molecule has 0 aliphatic carbocycles. The molecular formula is C18H31NO. The molecule has 1 unspecified atom stereocenters. The highest BCUT2D eigenvalue weighted by molar-refractivity contribution is 5.17. The van der Waals surface area contributed by atoms with Crippen LogP contribution in [0, 0.1) is 5.92 Å². The Morgan fingerprint density at radius 1 is 1.05 bits per heavy atom. The molecule has 0 aromatic heterocycles. The molecule has 0 aliphatic heterocycles. The van der Waals surface area contributed by atoms with Crippen molar-refractivity contribution >= 4 is 0 Å². The zero-order valence-corrected chi connectivity index (χ0v) is 13.5. The first-order valence-corrected chi connectivity index (χ1v) is 8.05. The molecule has 1 rings (SSSR count). The number of hydrogen-bond donors (Lipinski definition) is 1. The normalized spacial score (nSPS) is 13.4. The van der Waals surface area contributed by atoms with Crippen molar-refractivity contribution in [2.24, 2.45) is 5.92 Å². The van der Waals surface area contributed by atoms with E-state index < -0.39 is 0 Å². The van der Waals surface area contributed by atoms with Gasteiger partial charge in [-0.15, -0.1) is 0 Å². The Hall–Kier alpha value is -0.860. The van der Waals surface area contributed by atoms with Gasteiger partial charge in [-0.3, -0.25) is 0 Å². The maximum atomic E-state index is 10.3. The van der Waals surface area contributed by atoms with Crippen molar-refractivity contribution < 1.29 is 5.11 Å². The molecule has 1 atom stereocenters. The van der Waals surface area contributed by atoms with Crippen LogP contribution in [0.4, 0.5) is 0 Å². The summed E-state index contributed by atoms with van der Waals surface area (Å²) in [5.74, 6) is 0.671. The van der Waals surface area contributed by atoms with Crippen LogP contribution in [-0.2, 0) is 0 Å². The Balaban J connectivity index is 2.57. The fourth-order valence-electron chi connectivity index (χ4n) is 2.83. The van der Waals surface area contributed by atoms with Gasteiger partial charge in [-0.2, -0.15) is 0 Å². The standard InChI is InChI=1S/C18H31NO/c1-5-17(6-2)19(14-15(3)4)13-12-18(20)16-10-8-7-9-11-16/h7-11,15,17-18,20H,5-6,12-14H2,1-4H3. The Labute approximate surface area is 124 Å². The van der Waals surface area contributed by atoms with Crippen LogP contribution in [0.1, 0.15) is 58.6 Å². The van der Waals surface area contributed by atoms with Crippen LogP contribution in [-0.4, -0.2) is 29.1 Å². The summed E-state index contributed by atoms with van der Waals surface area (Å²) >= 11 is 0. The third-order valence-electron chi connectivity index (χ3n) is 3.93. The third kappa shape index (κ3) is 5.64. The molecule has 0 heterocycles. The molecule has 1 N–H and O–H groups in total. The molecule has 2 nitrogen and oxygen atoms in total. The van der Waals surface area contributed by atoms with Gasteiger partial charge in [-0.1, -0.05) is 58.0 Å². The summed E-state index contributed by atoms with van der Waals surface area (Å²) in [6, 6.07) is 10.6. The summed E-state index contributed by atoms with van der Waals surface area (Å²) in [7, 11) is 0. The molecule has 1 aromatic rings. The quantitative estimate of drug-likeness (QED) is 0.729. The molecule has 0 fully saturated rings. The Morgan fingerprint density at radius 2 is 1.65 bits per heavy atom. The van der Waals surface area contributed by atoms with Gasteiger partial charge >= 0.3 is 0 Å². The second kappa shape index (κ2) is 9.15. The van der Waals surface area contributed by atoms with Gasteiger partial charge < -0.3 is 10.0 Å². The smallest absolute Gasteiger partial charge is 0.0802 e. The highest BCUT2D eigenvalue weighted by Gasteiger charge is 2.18. The summed E-state index contributed by atoms with van der Waals surface area (Å²) in [6.45, 7) is 11.1. The minimum absolute atomic E-state index is 0.347. The van der Waals surface area contributed by atoms with Crippen LogP contribution in [0.15, 0.2) is 30.3 Å². The van der Waals surface area contributed by atoms with E-state index in [-0.39, 0.29) is 6.10 Å². The lowest BCUT2D eigenvalue weighted by Gasteiger charge is -2.32. The molecule has 0 amide bonds. The predicted molar refractivity (Wildman–Crippen MR) is 86.8 cm³/mol. The number of nitrogens with zero attached hydrogens (tertiary/aromatic N) is 1. The zero-order chi connectivity index (χ0) is 15.0. The van der Waals surface area contributed by atoms with Gasteiger partial charge in [0.05, 0.1) is 6.10 Å². The molecule has 0 saturated heterocycles. The number of rotatable bonds is 9. The van der Waals surface area contributed by atoms with Gasteiger partial charge in [0.15, 0.2) is 0 Å². The summed E-state index contributed by atoms with van der Waals surface area (Å²) in [5, 5.41) is 10.3. The van der Waals surface area contributed by atoms with Crippen LogP contribution in [0.5, 0.6) is 0 Å². The summed E-state index contributed by atoms with van der Waals surface area (Å²) < 4.78 is 0. The summed E-state index contributed by atoms with van der Waals surface area (Å²) in [4.78, 5) is 2.55. The molecule has 0 aliphatic rings. The van der Waals surface area contributed by atoms with E-state index in [4.69, 9.17) is 0 Å². The van der Waals surface area contributed by atoms with Crippen LogP contribution >= 0.6 is 0 Å². The van der Waals surface area contributed by atoms with Crippen molar-refractivity contribution in [3.8, 4) is 0 Å². The van der Waals surface area contributed by atoms with Gasteiger partial charge in [0.2, 0.25) is 0 Å². The number of aliphatic hydroxyl groups excluding tert-OH is 1. The minimum Gasteiger partial charge on any atom is -0.388 e. The van der Waals surface area contributed by atoms with E-state index in [0.717, 1.165) is 25.1 Å². The van der Waals surface area contributed by atoms with E-state index in [2.05, 4.69) is 32.6 Å². The third-order valence-corrected chi connectivity index (χ3v) is 3.93. The monoisotopic (exact) mass is 277 g/mol. The lowest BCUT2D eigenvalue weighted by Crippen LogP contribution is -2.38. The average molecular weight is 277 g/mol. The van der Waals surface area contributed by atoms with Crippen LogP contribution in [0.3, 0.4) is 0 Å². The van der Waals surface area contributed by atoms with Crippen molar-refractivity contribution in [1.82, 2.24) is 4.90 Å². The SMILES string of the molecule is CCC(CC)N(CCC(O)c1ccccc1)CC(C)C. The predicted octanol–water partition coefficient (Wildman–Crippen LogP) is 4.26. The molecule has 0 radical (unpaired) electrons. The first kappa shape index (κ1) is 17.2. The molecule has 2 heteroatoms. The molecule has 0 spiro atoms. The summed E-state index contributed by atoms with van der Waals surface area (Å²) in [5.41, 5.74) is 1.03. The molecule has 1 aromatic carbocycles. The van der Waals surface area contributed by atoms with Crippen LogP contribution < -0.4 is 0 Å². The van der Waals surface area contributed by atoms with Gasteiger partial charge in [0.1, 0.15) is 0 Å². The summed E-state index contributed by atoms with van der Waals surface area (Å²) in [6.07, 6.45) is 2.84. The molecule has 114 valence electrons. The van der Waals surface area contributed by atoms with E-state index in [1.165, 1.54) is 12.8 Å². The molecule has 0 saturated carbocycles. The fraction of sp³-hybridized carbons (Fsp3) is 0.667. The first-order chi connectivity index (χ1) is 9.58. The van der Waals surface area contributed by atoms with Crippen molar-refractivity contribution in [3.05, 3.63) is 35.9 Å². The van der Waals surface area contributed by atoms with E-state index in [1.807, 2.05) is 30.3 Å². The Morgan fingerprint density at radius 3 is 2.15 bits per heavy atom. The number of hydrogen-bond acceptors (Lipinski definition) is 2. The maximum absolute atomic E-state index is 10.3. The second-order valence-electron chi connectivity index (χ2n) is 6.07.